The zero-order valence-corrected chi connectivity index (χ0v) is 16.8. The summed E-state index contributed by atoms with van der Waals surface area (Å²) in [6.45, 7) is 0. The molecule has 1 aliphatic carbocycles. The maximum Gasteiger partial charge on any atom is 0.303 e. The number of allylic oxidation sites excluding steroid dienone is 1. The molecule has 3 nitrogen and oxygen atoms in total. The molecule has 148 valence electrons. The number of aliphatic hydroxyl groups excluding tert-OH is 1. The molecule has 26 heavy (non-hydrogen) atoms. The van der Waals surface area contributed by atoms with E-state index in [1.54, 1.807) is 0 Å². The van der Waals surface area contributed by atoms with Gasteiger partial charge in [-0.05, 0) is 56.3 Å². The zero-order valence-electron chi connectivity index (χ0n) is 16.0. The van der Waals surface area contributed by atoms with Crippen molar-refractivity contribution < 1.29 is 15.0 Å². The number of carbonyl (C=O) groups is 1. The highest BCUT2D eigenvalue weighted by molar-refractivity contribution is 8.01. The lowest BCUT2D eigenvalue weighted by Gasteiger charge is -2.29. The quantitative estimate of drug-likeness (QED) is 0.392. The molecule has 3 rings (SSSR count). The van der Waals surface area contributed by atoms with Crippen molar-refractivity contribution in [3.05, 3.63) is 12.2 Å². The van der Waals surface area contributed by atoms with Crippen molar-refractivity contribution in [3.8, 4) is 0 Å². The van der Waals surface area contributed by atoms with Crippen molar-refractivity contribution in [1.29, 1.82) is 0 Å². The van der Waals surface area contributed by atoms with Gasteiger partial charge in [0.05, 0.1) is 6.10 Å². The molecule has 2 saturated heterocycles. The number of carboxylic acids is 1. The van der Waals surface area contributed by atoms with Gasteiger partial charge in [0.1, 0.15) is 0 Å². The maximum absolute atomic E-state index is 10.6. The number of unbranched alkanes of at least 4 members (excludes halogenated alkanes) is 3. The van der Waals surface area contributed by atoms with Crippen LogP contribution in [0, 0.1) is 17.8 Å². The topological polar surface area (TPSA) is 57.5 Å². The van der Waals surface area contributed by atoms with E-state index in [0.717, 1.165) is 35.7 Å². The standard InChI is InChI=1S/C22H36O3S/c23-19(16-8-4-3-5-9-16)13-12-18-17(20-14-15-21(18)26-20)10-6-1-2-7-11-22(24)25/h12-13,16-21,23H,1-11,14-15H2,(H,24,25)/b13-12+/t17-,18+,19?,20-,21+/m1/s1. The Morgan fingerprint density at radius 3 is 2.50 bits per heavy atom. The predicted octanol–water partition coefficient (Wildman–Crippen LogP) is 5.42. The zero-order chi connectivity index (χ0) is 18.4. The molecule has 3 aliphatic rings. The van der Waals surface area contributed by atoms with E-state index in [9.17, 15) is 9.90 Å². The molecule has 1 unspecified atom stereocenters. The summed E-state index contributed by atoms with van der Waals surface area (Å²) in [6.07, 6.45) is 19.1. The van der Waals surface area contributed by atoms with Crippen LogP contribution in [-0.2, 0) is 4.79 Å². The Hall–Kier alpha value is -0.480. The normalized spacial score (nSPS) is 33.1. The fraction of sp³-hybridized carbons (Fsp3) is 0.864. The molecular weight excluding hydrogens is 344 g/mol. The van der Waals surface area contributed by atoms with Crippen molar-refractivity contribution >= 4 is 17.7 Å². The Balaban J connectivity index is 1.44. The summed E-state index contributed by atoms with van der Waals surface area (Å²) in [5, 5.41) is 20.9. The molecule has 5 atom stereocenters. The Labute approximate surface area is 163 Å². The highest BCUT2D eigenvalue weighted by atomic mass is 32.2. The van der Waals surface area contributed by atoms with E-state index in [-0.39, 0.29) is 6.10 Å². The summed E-state index contributed by atoms with van der Waals surface area (Å²) in [7, 11) is 0. The first-order chi connectivity index (χ1) is 12.6. The number of hydrogen-bond acceptors (Lipinski definition) is 3. The number of rotatable bonds is 10. The molecule has 2 N–H and O–H groups in total. The van der Waals surface area contributed by atoms with E-state index in [1.165, 1.54) is 57.8 Å². The van der Waals surface area contributed by atoms with E-state index in [1.807, 2.05) is 0 Å². The molecular formula is C22H36O3S. The minimum atomic E-state index is -0.670. The van der Waals surface area contributed by atoms with Gasteiger partial charge >= 0.3 is 5.97 Å². The van der Waals surface area contributed by atoms with Crippen molar-refractivity contribution in [2.45, 2.75) is 100 Å². The van der Waals surface area contributed by atoms with Crippen LogP contribution >= 0.6 is 11.8 Å². The van der Waals surface area contributed by atoms with Crippen LogP contribution < -0.4 is 0 Å². The minimum Gasteiger partial charge on any atom is -0.481 e. The second-order valence-electron chi connectivity index (χ2n) is 8.65. The third-order valence-electron chi connectivity index (χ3n) is 6.83. The first kappa shape index (κ1) is 20.3. The molecule has 2 aliphatic heterocycles. The first-order valence-corrected chi connectivity index (χ1v) is 11.8. The van der Waals surface area contributed by atoms with Crippen LogP contribution in [0.2, 0.25) is 0 Å². The van der Waals surface area contributed by atoms with Gasteiger partial charge in [-0.15, -0.1) is 0 Å². The summed E-state index contributed by atoms with van der Waals surface area (Å²) >= 11 is 2.20. The molecule has 1 saturated carbocycles. The SMILES string of the molecule is O=C(O)CCCCCC[C@@H]1[C@H](/C=C/C(O)C2CCCCC2)[C@@H]2CC[C@H]1S2. The fourth-order valence-corrected chi connectivity index (χ4v) is 7.33. The van der Waals surface area contributed by atoms with Crippen LogP contribution in [0.1, 0.15) is 83.5 Å². The molecule has 0 spiro atoms. The summed E-state index contributed by atoms with van der Waals surface area (Å²) in [4.78, 5) is 10.6. The maximum atomic E-state index is 10.6. The van der Waals surface area contributed by atoms with Gasteiger partial charge in [0.2, 0.25) is 0 Å². The molecule has 0 amide bonds. The van der Waals surface area contributed by atoms with Crippen molar-refractivity contribution in [1.82, 2.24) is 0 Å². The lowest BCUT2D eigenvalue weighted by atomic mass is 9.76. The van der Waals surface area contributed by atoms with E-state index < -0.39 is 5.97 Å². The lowest BCUT2D eigenvalue weighted by molar-refractivity contribution is -0.137. The second kappa shape index (κ2) is 10.2. The third kappa shape index (κ3) is 5.51. The Bertz CT molecular complexity index is 472. The summed E-state index contributed by atoms with van der Waals surface area (Å²) in [6, 6.07) is 0. The fourth-order valence-electron chi connectivity index (χ4n) is 5.34. The Morgan fingerprint density at radius 1 is 1.00 bits per heavy atom. The van der Waals surface area contributed by atoms with Crippen molar-refractivity contribution in [3.63, 3.8) is 0 Å². The van der Waals surface area contributed by atoms with Gasteiger partial charge in [0.25, 0.3) is 0 Å². The van der Waals surface area contributed by atoms with Crippen LogP contribution in [0.5, 0.6) is 0 Å². The van der Waals surface area contributed by atoms with E-state index >= 15 is 0 Å². The van der Waals surface area contributed by atoms with Crippen molar-refractivity contribution in [2.24, 2.45) is 17.8 Å². The summed E-state index contributed by atoms with van der Waals surface area (Å²) in [5.41, 5.74) is 0. The van der Waals surface area contributed by atoms with Crippen LogP contribution in [-0.4, -0.2) is 32.8 Å². The molecule has 2 heterocycles. The first-order valence-electron chi connectivity index (χ1n) is 10.9. The van der Waals surface area contributed by atoms with Crippen LogP contribution in [0.4, 0.5) is 0 Å². The van der Waals surface area contributed by atoms with Gasteiger partial charge in [-0.1, -0.05) is 50.7 Å². The molecule has 0 aromatic carbocycles. The van der Waals surface area contributed by atoms with E-state index in [0.29, 0.717) is 18.3 Å². The van der Waals surface area contributed by atoms with Crippen molar-refractivity contribution in [2.75, 3.05) is 0 Å². The highest BCUT2D eigenvalue weighted by Gasteiger charge is 2.46. The van der Waals surface area contributed by atoms with Gasteiger partial charge in [0.15, 0.2) is 0 Å². The summed E-state index contributed by atoms with van der Waals surface area (Å²) < 4.78 is 0. The Morgan fingerprint density at radius 2 is 1.73 bits per heavy atom. The van der Waals surface area contributed by atoms with Gasteiger partial charge in [0, 0.05) is 16.9 Å². The van der Waals surface area contributed by atoms with Crippen LogP contribution in [0.15, 0.2) is 12.2 Å². The number of hydrogen-bond donors (Lipinski definition) is 2. The molecule has 0 radical (unpaired) electrons. The molecule has 3 fully saturated rings. The number of carboxylic acid groups (broad SMARTS) is 1. The lowest BCUT2D eigenvalue weighted by Crippen LogP contribution is -2.27. The number of thioether (sulfide) groups is 1. The van der Waals surface area contributed by atoms with Gasteiger partial charge < -0.3 is 10.2 Å². The second-order valence-corrected chi connectivity index (χ2v) is 10.1. The number of fused-ring (bicyclic) bond motifs is 2. The minimum absolute atomic E-state index is 0.240. The third-order valence-corrected chi connectivity index (χ3v) is 8.66. The predicted molar refractivity (Wildman–Crippen MR) is 108 cm³/mol. The molecule has 2 bridgehead atoms. The molecule has 4 heteroatoms. The smallest absolute Gasteiger partial charge is 0.303 e. The van der Waals surface area contributed by atoms with E-state index in [2.05, 4.69) is 23.9 Å². The van der Waals surface area contributed by atoms with E-state index in [4.69, 9.17) is 5.11 Å². The highest BCUT2D eigenvalue weighted by Crippen LogP contribution is 2.55. The van der Waals surface area contributed by atoms with Gasteiger partial charge in [-0.3, -0.25) is 4.79 Å². The van der Waals surface area contributed by atoms with Gasteiger partial charge in [-0.25, -0.2) is 0 Å². The van der Waals surface area contributed by atoms with Gasteiger partial charge in [-0.2, -0.15) is 11.8 Å². The summed E-state index contributed by atoms with van der Waals surface area (Å²) in [5.74, 6) is 1.24. The van der Waals surface area contributed by atoms with Crippen LogP contribution in [0.25, 0.3) is 0 Å². The molecule has 0 aromatic rings. The Kier molecular flexibility index (Phi) is 7.92. The average Bonchev–Trinajstić information content (AvgIpc) is 3.24. The van der Waals surface area contributed by atoms with Crippen LogP contribution in [0.3, 0.4) is 0 Å². The monoisotopic (exact) mass is 380 g/mol. The number of aliphatic hydroxyl groups is 1. The average molecular weight is 381 g/mol. The largest absolute Gasteiger partial charge is 0.481 e. The number of aliphatic carboxylic acids is 1. The molecule has 0 aromatic heterocycles.